The standard InChI is InChI=1S/C17H19NO2S/c1-18(21-16-7-3-2-4-8-16)15-12-10-14(11-13-15)6-5-9-17(19)20/h2-4,7-8,10-13H,5-6,9H2,1H3,(H,19,20). The summed E-state index contributed by atoms with van der Waals surface area (Å²) >= 11 is 1.68. The third kappa shape index (κ3) is 5.16. The fourth-order valence-corrected chi connectivity index (χ4v) is 2.83. The van der Waals surface area contributed by atoms with Gasteiger partial charge in [-0.05, 0) is 54.6 Å². The molecule has 0 amide bonds. The van der Waals surface area contributed by atoms with Crippen molar-refractivity contribution in [1.82, 2.24) is 0 Å². The van der Waals surface area contributed by atoms with Crippen LogP contribution in [0.3, 0.4) is 0 Å². The van der Waals surface area contributed by atoms with Crippen LogP contribution in [0.5, 0.6) is 0 Å². The summed E-state index contributed by atoms with van der Waals surface area (Å²) in [6.07, 6.45) is 1.72. The SMILES string of the molecule is CN(Sc1ccccc1)c1ccc(CCCC(=O)O)cc1. The van der Waals surface area contributed by atoms with Gasteiger partial charge < -0.3 is 9.41 Å². The number of carboxylic acids is 1. The summed E-state index contributed by atoms with van der Waals surface area (Å²) in [4.78, 5) is 11.7. The summed E-state index contributed by atoms with van der Waals surface area (Å²) in [7, 11) is 2.04. The van der Waals surface area contributed by atoms with Crippen LogP contribution in [-0.4, -0.2) is 18.1 Å². The third-order valence-corrected chi connectivity index (χ3v) is 4.11. The molecule has 0 aliphatic heterocycles. The molecular weight excluding hydrogens is 282 g/mol. The summed E-state index contributed by atoms with van der Waals surface area (Å²) in [6, 6.07) is 18.5. The zero-order valence-corrected chi connectivity index (χ0v) is 12.8. The highest BCUT2D eigenvalue weighted by atomic mass is 32.2. The van der Waals surface area contributed by atoms with Gasteiger partial charge in [0.15, 0.2) is 0 Å². The molecule has 110 valence electrons. The van der Waals surface area contributed by atoms with Gasteiger partial charge in [-0.15, -0.1) is 0 Å². The van der Waals surface area contributed by atoms with Gasteiger partial charge in [0.1, 0.15) is 0 Å². The van der Waals surface area contributed by atoms with Gasteiger partial charge in [0, 0.05) is 24.1 Å². The average Bonchev–Trinajstić information content (AvgIpc) is 2.48. The molecule has 21 heavy (non-hydrogen) atoms. The minimum atomic E-state index is -0.731. The van der Waals surface area contributed by atoms with Crippen LogP contribution < -0.4 is 4.31 Å². The first-order valence-corrected chi connectivity index (χ1v) is 7.70. The van der Waals surface area contributed by atoms with E-state index in [1.54, 1.807) is 11.9 Å². The van der Waals surface area contributed by atoms with Gasteiger partial charge in [0.25, 0.3) is 0 Å². The summed E-state index contributed by atoms with van der Waals surface area (Å²) in [6.45, 7) is 0. The predicted octanol–water partition coefficient (Wildman–Crippen LogP) is 4.24. The van der Waals surface area contributed by atoms with E-state index in [1.165, 1.54) is 10.5 Å². The lowest BCUT2D eigenvalue weighted by molar-refractivity contribution is -0.137. The molecule has 1 N–H and O–H groups in total. The van der Waals surface area contributed by atoms with Gasteiger partial charge in [-0.25, -0.2) is 0 Å². The van der Waals surface area contributed by atoms with Crippen molar-refractivity contribution >= 4 is 23.6 Å². The normalized spacial score (nSPS) is 10.3. The summed E-state index contributed by atoms with van der Waals surface area (Å²) < 4.78 is 2.12. The molecule has 0 heterocycles. The van der Waals surface area contributed by atoms with Crippen LogP contribution in [0.25, 0.3) is 0 Å². The second-order valence-electron chi connectivity index (χ2n) is 4.82. The average molecular weight is 301 g/mol. The van der Waals surface area contributed by atoms with Crippen molar-refractivity contribution in [2.24, 2.45) is 0 Å². The summed E-state index contributed by atoms with van der Waals surface area (Å²) in [5.74, 6) is -0.731. The van der Waals surface area contributed by atoms with E-state index in [0.717, 1.165) is 12.1 Å². The van der Waals surface area contributed by atoms with Gasteiger partial charge in [-0.1, -0.05) is 30.3 Å². The number of carboxylic acid groups (broad SMARTS) is 1. The molecule has 0 saturated carbocycles. The molecule has 2 aromatic carbocycles. The highest BCUT2D eigenvalue weighted by molar-refractivity contribution is 8.00. The second kappa shape index (κ2) is 7.74. The molecule has 0 atom stereocenters. The van der Waals surface area contributed by atoms with Crippen LogP contribution in [0.15, 0.2) is 59.5 Å². The van der Waals surface area contributed by atoms with E-state index in [0.29, 0.717) is 6.42 Å². The molecule has 0 aliphatic carbocycles. The molecule has 0 unspecified atom stereocenters. The van der Waals surface area contributed by atoms with Gasteiger partial charge in [-0.2, -0.15) is 0 Å². The van der Waals surface area contributed by atoms with E-state index >= 15 is 0 Å². The van der Waals surface area contributed by atoms with Crippen LogP contribution in [-0.2, 0) is 11.2 Å². The summed E-state index contributed by atoms with van der Waals surface area (Å²) in [5, 5.41) is 8.64. The van der Waals surface area contributed by atoms with E-state index in [2.05, 4.69) is 40.7 Å². The van der Waals surface area contributed by atoms with Crippen molar-refractivity contribution in [2.75, 3.05) is 11.4 Å². The number of rotatable bonds is 7. The maximum atomic E-state index is 10.5. The molecule has 0 saturated heterocycles. The maximum absolute atomic E-state index is 10.5. The van der Waals surface area contributed by atoms with Gasteiger partial charge in [0.2, 0.25) is 0 Å². The van der Waals surface area contributed by atoms with E-state index < -0.39 is 5.97 Å². The molecule has 0 fully saturated rings. The monoisotopic (exact) mass is 301 g/mol. The Morgan fingerprint density at radius 1 is 1.10 bits per heavy atom. The Hall–Kier alpha value is -1.94. The molecule has 0 aromatic heterocycles. The topological polar surface area (TPSA) is 40.5 Å². The Labute approximate surface area is 129 Å². The number of hydrogen-bond acceptors (Lipinski definition) is 3. The third-order valence-electron chi connectivity index (χ3n) is 3.14. The Morgan fingerprint density at radius 2 is 1.76 bits per heavy atom. The smallest absolute Gasteiger partial charge is 0.303 e. The molecule has 3 nitrogen and oxygen atoms in total. The van der Waals surface area contributed by atoms with E-state index in [4.69, 9.17) is 5.11 Å². The number of anilines is 1. The van der Waals surface area contributed by atoms with Crippen molar-refractivity contribution in [3.8, 4) is 0 Å². The number of nitrogens with zero attached hydrogens (tertiary/aromatic N) is 1. The lowest BCUT2D eigenvalue weighted by Gasteiger charge is -2.18. The predicted molar refractivity (Wildman–Crippen MR) is 87.7 cm³/mol. The van der Waals surface area contributed by atoms with Gasteiger partial charge >= 0.3 is 5.97 Å². The van der Waals surface area contributed by atoms with Crippen LogP contribution in [0, 0.1) is 0 Å². The van der Waals surface area contributed by atoms with Crippen LogP contribution in [0.4, 0.5) is 5.69 Å². The maximum Gasteiger partial charge on any atom is 0.303 e. The Morgan fingerprint density at radius 3 is 2.38 bits per heavy atom. The lowest BCUT2D eigenvalue weighted by atomic mass is 10.1. The largest absolute Gasteiger partial charge is 0.481 e. The van der Waals surface area contributed by atoms with Crippen molar-refractivity contribution in [3.05, 3.63) is 60.2 Å². The van der Waals surface area contributed by atoms with E-state index in [-0.39, 0.29) is 6.42 Å². The Kier molecular flexibility index (Phi) is 5.69. The highest BCUT2D eigenvalue weighted by Gasteiger charge is 2.04. The number of carbonyl (C=O) groups is 1. The summed E-state index contributed by atoms with van der Waals surface area (Å²) in [5.41, 5.74) is 2.31. The molecule has 2 aromatic rings. The van der Waals surface area contributed by atoms with Crippen LogP contribution >= 0.6 is 11.9 Å². The molecule has 0 radical (unpaired) electrons. The molecule has 0 aliphatic rings. The van der Waals surface area contributed by atoms with E-state index in [9.17, 15) is 4.79 Å². The molecular formula is C17H19NO2S. The minimum absolute atomic E-state index is 0.228. The van der Waals surface area contributed by atoms with Crippen LogP contribution in [0.1, 0.15) is 18.4 Å². The molecule has 0 bridgehead atoms. The van der Waals surface area contributed by atoms with Crippen molar-refractivity contribution in [3.63, 3.8) is 0 Å². The van der Waals surface area contributed by atoms with Gasteiger partial charge in [0.05, 0.1) is 0 Å². The van der Waals surface area contributed by atoms with Crippen molar-refractivity contribution < 1.29 is 9.90 Å². The first kappa shape index (κ1) is 15.4. The fraction of sp³-hybridized carbons (Fsp3) is 0.235. The Balaban J connectivity index is 1.90. The molecule has 4 heteroatoms. The lowest BCUT2D eigenvalue weighted by Crippen LogP contribution is -2.05. The molecule has 2 rings (SSSR count). The highest BCUT2D eigenvalue weighted by Crippen LogP contribution is 2.27. The fourth-order valence-electron chi connectivity index (χ4n) is 2.01. The Bertz CT molecular complexity index is 569. The first-order valence-electron chi connectivity index (χ1n) is 6.92. The first-order chi connectivity index (χ1) is 10.1. The number of hydrogen-bond donors (Lipinski definition) is 1. The zero-order chi connectivity index (χ0) is 15.1. The quantitative estimate of drug-likeness (QED) is 0.777. The molecule has 0 spiro atoms. The van der Waals surface area contributed by atoms with Gasteiger partial charge in [-0.3, -0.25) is 4.79 Å². The van der Waals surface area contributed by atoms with E-state index in [1.807, 2.05) is 25.2 Å². The minimum Gasteiger partial charge on any atom is -0.481 e. The zero-order valence-electron chi connectivity index (χ0n) is 12.0. The van der Waals surface area contributed by atoms with Crippen molar-refractivity contribution in [2.45, 2.75) is 24.2 Å². The second-order valence-corrected chi connectivity index (χ2v) is 6.02. The number of benzene rings is 2. The van der Waals surface area contributed by atoms with Crippen molar-refractivity contribution in [1.29, 1.82) is 0 Å². The number of aryl methyl sites for hydroxylation is 1. The van der Waals surface area contributed by atoms with Crippen LogP contribution in [0.2, 0.25) is 0 Å². The number of aliphatic carboxylic acids is 1.